The van der Waals surface area contributed by atoms with E-state index in [2.05, 4.69) is 10.3 Å². The van der Waals surface area contributed by atoms with E-state index in [1.807, 2.05) is 0 Å². The molecule has 132 valence electrons. The van der Waals surface area contributed by atoms with Gasteiger partial charge in [-0.15, -0.1) is 0 Å². The van der Waals surface area contributed by atoms with Gasteiger partial charge in [0.15, 0.2) is 0 Å². The fourth-order valence-corrected chi connectivity index (χ4v) is 2.38. The molecule has 0 aliphatic rings. The zero-order valence-electron chi connectivity index (χ0n) is 13.6. The zero-order chi connectivity index (χ0) is 18.7. The van der Waals surface area contributed by atoms with Gasteiger partial charge in [0.05, 0.1) is 18.4 Å². The van der Waals surface area contributed by atoms with E-state index >= 15 is 0 Å². The fraction of sp³-hybridized carbons (Fsp3) is 0.0526. The number of ether oxygens (including phenoxy) is 1. The molecule has 3 aromatic rings. The second-order valence-electron chi connectivity index (χ2n) is 5.31. The SMILES string of the molecule is COC(=O)c1ccc(Nc2c(F)cccc2F)nc1-c1ccc(F)cc1. The first kappa shape index (κ1) is 17.5. The third kappa shape index (κ3) is 3.51. The lowest BCUT2D eigenvalue weighted by atomic mass is 10.1. The molecule has 0 fully saturated rings. The van der Waals surface area contributed by atoms with Crippen molar-refractivity contribution in [2.75, 3.05) is 12.4 Å². The molecule has 0 saturated heterocycles. The van der Waals surface area contributed by atoms with E-state index in [-0.39, 0.29) is 22.8 Å². The fourth-order valence-electron chi connectivity index (χ4n) is 2.38. The maximum absolute atomic E-state index is 13.8. The van der Waals surface area contributed by atoms with Crippen LogP contribution >= 0.6 is 0 Å². The van der Waals surface area contributed by atoms with Crippen LogP contribution in [0.25, 0.3) is 11.3 Å². The number of nitrogens with one attached hydrogen (secondary N) is 1. The van der Waals surface area contributed by atoms with Crippen molar-refractivity contribution in [1.82, 2.24) is 4.98 Å². The monoisotopic (exact) mass is 358 g/mol. The smallest absolute Gasteiger partial charge is 0.340 e. The minimum absolute atomic E-state index is 0.112. The Hall–Kier alpha value is -3.35. The molecule has 3 rings (SSSR count). The molecule has 0 bridgehead atoms. The largest absolute Gasteiger partial charge is 0.465 e. The lowest BCUT2D eigenvalue weighted by molar-refractivity contribution is 0.0601. The van der Waals surface area contributed by atoms with Gasteiger partial charge in [0.25, 0.3) is 0 Å². The number of pyridine rings is 1. The van der Waals surface area contributed by atoms with Gasteiger partial charge in [-0.2, -0.15) is 0 Å². The topological polar surface area (TPSA) is 51.2 Å². The van der Waals surface area contributed by atoms with Crippen LogP contribution in [-0.2, 0) is 4.74 Å². The number of anilines is 2. The van der Waals surface area contributed by atoms with E-state index in [0.717, 1.165) is 12.1 Å². The summed E-state index contributed by atoms with van der Waals surface area (Å²) < 4.78 is 45.5. The minimum atomic E-state index is -0.785. The Morgan fingerprint density at radius 2 is 1.62 bits per heavy atom. The van der Waals surface area contributed by atoms with Gasteiger partial charge in [0.2, 0.25) is 0 Å². The van der Waals surface area contributed by atoms with Crippen molar-refractivity contribution in [3.63, 3.8) is 0 Å². The third-order valence-electron chi connectivity index (χ3n) is 3.63. The van der Waals surface area contributed by atoms with Crippen LogP contribution in [0.5, 0.6) is 0 Å². The number of rotatable bonds is 4. The second-order valence-corrected chi connectivity index (χ2v) is 5.31. The molecule has 1 heterocycles. The number of halogens is 3. The molecule has 4 nitrogen and oxygen atoms in total. The second kappa shape index (κ2) is 7.26. The number of aromatic nitrogens is 1. The molecule has 1 aromatic heterocycles. The van der Waals surface area contributed by atoms with Crippen LogP contribution < -0.4 is 5.32 Å². The highest BCUT2D eigenvalue weighted by Crippen LogP contribution is 2.27. The number of carbonyl (C=O) groups is 1. The number of hydrogen-bond acceptors (Lipinski definition) is 4. The molecule has 0 amide bonds. The van der Waals surface area contributed by atoms with Crippen LogP contribution in [0.1, 0.15) is 10.4 Å². The van der Waals surface area contributed by atoms with Crippen LogP contribution in [0.3, 0.4) is 0 Å². The van der Waals surface area contributed by atoms with Crippen LogP contribution in [-0.4, -0.2) is 18.1 Å². The first-order valence-electron chi connectivity index (χ1n) is 7.56. The first-order chi connectivity index (χ1) is 12.5. The maximum atomic E-state index is 13.8. The quantitative estimate of drug-likeness (QED) is 0.687. The molecular weight excluding hydrogens is 345 g/mol. The van der Waals surface area contributed by atoms with Crippen molar-refractivity contribution in [3.05, 3.63) is 77.6 Å². The number of methoxy groups -OCH3 is 1. The third-order valence-corrected chi connectivity index (χ3v) is 3.63. The molecule has 0 saturated carbocycles. The number of hydrogen-bond donors (Lipinski definition) is 1. The molecule has 26 heavy (non-hydrogen) atoms. The van der Waals surface area contributed by atoms with Gasteiger partial charge < -0.3 is 10.1 Å². The van der Waals surface area contributed by atoms with Crippen LogP contribution in [0.15, 0.2) is 54.6 Å². The summed E-state index contributed by atoms with van der Waals surface area (Å²) in [4.78, 5) is 16.2. The molecular formula is C19H13F3N2O2. The Morgan fingerprint density at radius 3 is 2.23 bits per heavy atom. The molecule has 0 aliphatic carbocycles. The number of para-hydroxylation sites is 1. The van der Waals surface area contributed by atoms with E-state index in [1.54, 1.807) is 0 Å². The summed E-state index contributed by atoms with van der Waals surface area (Å²) in [7, 11) is 1.22. The van der Waals surface area contributed by atoms with Crippen LogP contribution in [0.2, 0.25) is 0 Å². The Kier molecular flexibility index (Phi) is 4.88. The van der Waals surface area contributed by atoms with Gasteiger partial charge in [0.1, 0.15) is 29.0 Å². The molecule has 1 N–H and O–H groups in total. The van der Waals surface area contributed by atoms with Gasteiger partial charge in [-0.25, -0.2) is 22.9 Å². The molecule has 0 spiro atoms. The highest BCUT2D eigenvalue weighted by molar-refractivity contribution is 5.96. The summed E-state index contributed by atoms with van der Waals surface area (Å²) in [5.41, 5.74) is 0.414. The van der Waals surface area contributed by atoms with E-state index in [4.69, 9.17) is 4.74 Å². The molecule has 0 radical (unpaired) electrons. The van der Waals surface area contributed by atoms with Crippen molar-refractivity contribution < 1.29 is 22.7 Å². The number of nitrogens with zero attached hydrogens (tertiary/aromatic N) is 1. The summed E-state index contributed by atoms with van der Waals surface area (Å²) in [5.74, 6) is -2.54. The predicted molar refractivity (Wildman–Crippen MR) is 90.6 cm³/mol. The van der Waals surface area contributed by atoms with Crippen molar-refractivity contribution in [1.29, 1.82) is 0 Å². The van der Waals surface area contributed by atoms with Gasteiger partial charge in [-0.1, -0.05) is 6.07 Å². The van der Waals surface area contributed by atoms with Gasteiger partial charge in [-0.05, 0) is 48.5 Å². The van der Waals surface area contributed by atoms with Crippen LogP contribution in [0.4, 0.5) is 24.7 Å². The van der Waals surface area contributed by atoms with Crippen molar-refractivity contribution in [3.8, 4) is 11.3 Å². The highest BCUT2D eigenvalue weighted by Gasteiger charge is 2.17. The van der Waals surface area contributed by atoms with Gasteiger partial charge in [-0.3, -0.25) is 0 Å². The Labute approximate surface area is 147 Å². The zero-order valence-corrected chi connectivity index (χ0v) is 13.6. The number of carbonyl (C=O) groups excluding carboxylic acids is 1. The Bertz CT molecular complexity index is 939. The molecule has 0 atom stereocenters. The normalized spacial score (nSPS) is 10.5. The average molecular weight is 358 g/mol. The Morgan fingerprint density at radius 1 is 0.962 bits per heavy atom. The predicted octanol–water partition coefficient (Wildman–Crippen LogP) is 4.70. The van der Waals surface area contributed by atoms with E-state index in [9.17, 15) is 18.0 Å². The van der Waals surface area contributed by atoms with Crippen molar-refractivity contribution >= 4 is 17.5 Å². The molecule has 0 unspecified atom stereocenters. The Balaban J connectivity index is 2.07. The molecule has 2 aromatic carbocycles. The minimum Gasteiger partial charge on any atom is -0.465 e. The van der Waals surface area contributed by atoms with E-state index in [1.165, 1.54) is 49.6 Å². The summed E-state index contributed by atoms with van der Waals surface area (Å²) in [6.45, 7) is 0. The van der Waals surface area contributed by atoms with Crippen molar-refractivity contribution in [2.45, 2.75) is 0 Å². The summed E-state index contributed by atoms with van der Waals surface area (Å²) in [6, 6.07) is 11.6. The lowest BCUT2D eigenvalue weighted by Crippen LogP contribution is -2.07. The average Bonchev–Trinajstić information content (AvgIpc) is 2.65. The standard InChI is InChI=1S/C19H13F3N2O2/c1-26-19(25)13-9-10-16(24-18-14(21)3-2-4-15(18)22)23-17(13)11-5-7-12(20)8-6-11/h2-10H,1H3,(H,23,24). The highest BCUT2D eigenvalue weighted by atomic mass is 19.1. The van der Waals surface area contributed by atoms with Gasteiger partial charge in [0, 0.05) is 5.56 Å². The van der Waals surface area contributed by atoms with E-state index < -0.39 is 23.4 Å². The van der Waals surface area contributed by atoms with Crippen LogP contribution in [0, 0.1) is 17.5 Å². The number of esters is 1. The molecule has 0 aliphatic heterocycles. The van der Waals surface area contributed by atoms with Gasteiger partial charge >= 0.3 is 5.97 Å². The maximum Gasteiger partial charge on any atom is 0.340 e. The van der Waals surface area contributed by atoms with Crippen molar-refractivity contribution in [2.24, 2.45) is 0 Å². The molecule has 7 heteroatoms. The summed E-state index contributed by atoms with van der Waals surface area (Å²) >= 11 is 0. The first-order valence-corrected chi connectivity index (χ1v) is 7.56. The van der Waals surface area contributed by atoms with E-state index in [0.29, 0.717) is 5.56 Å². The summed E-state index contributed by atoms with van der Waals surface area (Å²) in [5, 5.41) is 2.56. The number of benzene rings is 2. The lowest BCUT2D eigenvalue weighted by Gasteiger charge is -2.12. The summed E-state index contributed by atoms with van der Waals surface area (Å²) in [6.07, 6.45) is 0.